The molecule has 0 aliphatic carbocycles. The van der Waals surface area contributed by atoms with E-state index in [9.17, 15) is 0 Å². The number of likely N-dealkylation sites (N-methyl/N-ethyl adjacent to an activating group) is 1. The van der Waals surface area contributed by atoms with Crippen LogP contribution >= 0.6 is 0 Å². The summed E-state index contributed by atoms with van der Waals surface area (Å²) in [6, 6.07) is 0. The minimum Gasteiger partial charge on any atom is -0.306 e. The lowest BCUT2D eigenvalue weighted by Gasteiger charge is -2.44. The summed E-state index contributed by atoms with van der Waals surface area (Å²) in [7, 11) is 4.41. The van der Waals surface area contributed by atoms with Gasteiger partial charge in [-0.2, -0.15) is 5.06 Å². The van der Waals surface area contributed by atoms with E-state index < -0.39 is 0 Å². The fourth-order valence-corrected chi connectivity index (χ4v) is 3.45. The Hall–Kier alpha value is -0.240. The Kier molecular flexibility index (Phi) is 5.48. The van der Waals surface area contributed by atoms with E-state index in [4.69, 9.17) is 4.84 Å². The van der Waals surface area contributed by atoms with E-state index >= 15 is 0 Å². The van der Waals surface area contributed by atoms with Gasteiger partial charge in [0.15, 0.2) is 0 Å². The van der Waals surface area contributed by atoms with Crippen LogP contribution in [0.25, 0.3) is 0 Å². The minimum atomic E-state index is 0.441. The van der Waals surface area contributed by atoms with Crippen molar-refractivity contribution in [3.05, 3.63) is 0 Å². The molecule has 0 bridgehead atoms. The zero-order valence-electron chi connectivity index (χ0n) is 13.7. The van der Waals surface area contributed by atoms with Crippen LogP contribution in [-0.2, 0) is 4.84 Å². The third kappa shape index (κ3) is 4.37. The molecule has 0 aromatic rings. The van der Waals surface area contributed by atoms with Gasteiger partial charge < -0.3 is 9.80 Å². The largest absolute Gasteiger partial charge is 0.306 e. The summed E-state index contributed by atoms with van der Waals surface area (Å²) in [6.07, 6.45) is 2.79. The van der Waals surface area contributed by atoms with Gasteiger partial charge in [0.1, 0.15) is 0 Å². The molecule has 0 aromatic carbocycles. The number of piperidine rings is 1. The maximum absolute atomic E-state index is 6.19. The Balaban J connectivity index is 1.37. The van der Waals surface area contributed by atoms with Gasteiger partial charge >= 0.3 is 0 Å². The number of rotatable bonds is 3. The van der Waals surface area contributed by atoms with Crippen molar-refractivity contribution in [2.24, 2.45) is 0 Å². The Morgan fingerprint density at radius 2 is 1.10 bits per heavy atom. The molecule has 0 spiro atoms. The maximum Gasteiger partial charge on any atom is 0.0817 e. The van der Waals surface area contributed by atoms with Gasteiger partial charge in [-0.3, -0.25) is 4.84 Å². The van der Waals surface area contributed by atoms with Gasteiger partial charge in [0.05, 0.1) is 6.10 Å². The first-order valence-corrected chi connectivity index (χ1v) is 8.49. The minimum absolute atomic E-state index is 0.441. The molecule has 122 valence electrons. The van der Waals surface area contributed by atoms with Gasteiger partial charge in [-0.1, -0.05) is 0 Å². The Morgan fingerprint density at radius 1 is 0.619 bits per heavy atom. The molecule has 0 unspecified atom stereocenters. The molecule has 0 N–H and O–H groups in total. The van der Waals surface area contributed by atoms with Gasteiger partial charge in [0, 0.05) is 65.4 Å². The van der Waals surface area contributed by atoms with Crippen LogP contribution in [-0.4, -0.2) is 111 Å². The molecule has 0 atom stereocenters. The molecule has 0 saturated carbocycles. The molecular weight excluding hydrogens is 266 g/mol. The van der Waals surface area contributed by atoms with Crippen molar-refractivity contribution >= 4 is 0 Å². The van der Waals surface area contributed by atoms with Crippen LogP contribution in [0.5, 0.6) is 0 Å². The van der Waals surface area contributed by atoms with Gasteiger partial charge in [-0.15, -0.1) is 0 Å². The highest BCUT2D eigenvalue weighted by molar-refractivity contribution is 4.74. The quantitative estimate of drug-likeness (QED) is 0.715. The molecule has 0 aromatic heterocycles. The van der Waals surface area contributed by atoms with E-state index in [1.54, 1.807) is 0 Å². The summed E-state index contributed by atoms with van der Waals surface area (Å²) < 4.78 is 0. The van der Waals surface area contributed by atoms with Crippen molar-refractivity contribution in [3.63, 3.8) is 0 Å². The molecule has 0 radical (unpaired) electrons. The van der Waals surface area contributed by atoms with Crippen molar-refractivity contribution in [2.75, 3.05) is 79.5 Å². The van der Waals surface area contributed by atoms with Crippen molar-refractivity contribution < 1.29 is 4.84 Å². The predicted molar refractivity (Wildman–Crippen MR) is 83.8 cm³/mol. The second kappa shape index (κ2) is 7.35. The Morgan fingerprint density at radius 3 is 1.67 bits per heavy atom. The van der Waals surface area contributed by atoms with E-state index in [1.165, 1.54) is 52.1 Å². The van der Waals surface area contributed by atoms with Crippen molar-refractivity contribution in [1.82, 2.24) is 24.9 Å². The fraction of sp³-hybridized carbons (Fsp3) is 1.00. The van der Waals surface area contributed by atoms with Crippen molar-refractivity contribution in [1.29, 1.82) is 0 Å². The number of hydrazine groups is 1. The first-order chi connectivity index (χ1) is 10.2. The number of hydrogen-bond donors (Lipinski definition) is 0. The first kappa shape index (κ1) is 15.6. The molecule has 6 nitrogen and oxygen atoms in total. The molecule has 21 heavy (non-hydrogen) atoms. The standard InChI is InChI=1S/C15H31N5O/c1-16-5-3-15(4-6-16)21-20-13-11-19(12-14-20)18-9-7-17(2)8-10-18/h15H,3-14H2,1-2H3. The highest BCUT2D eigenvalue weighted by Crippen LogP contribution is 2.16. The first-order valence-electron chi connectivity index (χ1n) is 8.49. The van der Waals surface area contributed by atoms with Crippen LogP contribution in [0.1, 0.15) is 12.8 Å². The molecule has 0 amide bonds. The molecule has 3 fully saturated rings. The second-order valence-corrected chi connectivity index (χ2v) is 6.75. The molecule has 3 saturated heterocycles. The van der Waals surface area contributed by atoms with Crippen molar-refractivity contribution in [3.8, 4) is 0 Å². The highest BCUT2D eigenvalue weighted by atomic mass is 16.7. The lowest BCUT2D eigenvalue weighted by atomic mass is 10.1. The van der Waals surface area contributed by atoms with Gasteiger partial charge in [-0.25, -0.2) is 10.0 Å². The van der Waals surface area contributed by atoms with Crippen LogP contribution in [0.4, 0.5) is 0 Å². The highest BCUT2D eigenvalue weighted by Gasteiger charge is 2.27. The molecule has 3 heterocycles. The summed E-state index contributed by atoms with van der Waals surface area (Å²) in [6.45, 7) is 11.4. The summed E-state index contributed by atoms with van der Waals surface area (Å²) in [5.41, 5.74) is 0. The lowest BCUT2D eigenvalue weighted by molar-refractivity contribution is -0.234. The average molecular weight is 297 g/mol. The van der Waals surface area contributed by atoms with Gasteiger partial charge in [-0.05, 0) is 26.9 Å². The number of hydroxylamine groups is 2. The number of likely N-dealkylation sites (tertiary alicyclic amines) is 1. The van der Waals surface area contributed by atoms with Crippen LogP contribution in [0.3, 0.4) is 0 Å². The van der Waals surface area contributed by atoms with E-state index in [2.05, 4.69) is 39.0 Å². The topological polar surface area (TPSA) is 25.4 Å². The van der Waals surface area contributed by atoms with Crippen LogP contribution < -0.4 is 0 Å². The number of hydrogen-bond acceptors (Lipinski definition) is 6. The average Bonchev–Trinajstić information content (AvgIpc) is 2.51. The second-order valence-electron chi connectivity index (χ2n) is 6.75. The summed E-state index contributed by atoms with van der Waals surface area (Å²) >= 11 is 0. The van der Waals surface area contributed by atoms with Crippen LogP contribution in [0.2, 0.25) is 0 Å². The maximum atomic E-state index is 6.19. The fourth-order valence-electron chi connectivity index (χ4n) is 3.45. The third-order valence-electron chi connectivity index (χ3n) is 5.06. The molecule has 3 aliphatic heterocycles. The third-order valence-corrected chi connectivity index (χ3v) is 5.06. The van der Waals surface area contributed by atoms with Gasteiger partial charge in [0.2, 0.25) is 0 Å². The zero-order chi connectivity index (χ0) is 14.7. The SMILES string of the molecule is CN1CCC(ON2CCN(N3CCN(C)CC3)CC2)CC1. The summed E-state index contributed by atoms with van der Waals surface area (Å²) in [5, 5.41) is 7.27. The molecule has 6 heteroatoms. The van der Waals surface area contributed by atoms with E-state index in [0.717, 1.165) is 26.2 Å². The molecule has 3 rings (SSSR count). The van der Waals surface area contributed by atoms with E-state index in [0.29, 0.717) is 6.10 Å². The predicted octanol–water partition coefficient (Wildman–Crippen LogP) is -0.208. The molecule has 3 aliphatic rings. The zero-order valence-corrected chi connectivity index (χ0v) is 13.7. The number of nitrogens with zero attached hydrogens (tertiary/aromatic N) is 5. The van der Waals surface area contributed by atoms with E-state index in [-0.39, 0.29) is 0 Å². The Bertz CT molecular complexity index is 305. The number of piperazine rings is 2. The van der Waals surface area contributed by atoms with E-state index in [1.807, 2.05) is 0 Å². The lowest BCUT2D eigenvalue weighted by Crippen LogP contribution is -2.58. The monoisotopic (exact) mass is 297 g/mol. The Labute approximate surface area is 129 Å². The normalized spacial score (nSPS) is 30.0. The summed E-state index contributed by atoms with van der Waals surface area (Å²) in [4.78, 5) is 11.0. The summed E-state index contributed by atoms with van der Waals surface area (Å²) in [5.74, 6) is 0. The molecular formula is C15H31N5O. The van der Waals surface area contributed by atoms with Crippen molar-refractivity contribution in [2.45, 2.75) is 18.9 Å². The smallest absolute Gasteiger partial charge is 0.0817 e. The van der Waals surface area contributed by atoms with Gasteiger partial charge in [0.25, 0.3) is 0 Å². The van der Waals surface area contributed by atoms with Crippen LogP contribution in [0.15, 0.2) is 0 Å². The van der Waals surface area contributed by atoms with Crippen LogP contribution in [0, 0.1) is 0 Å².